The molecule has 31 heavy (non-hydrogen) atoms. The second-order valence-electron chi connectivity index (χ2n) is 7.72. The number of carboxylic acid groups (broad SMARTS) is 1. The van der Waals surface area contributed by atoms with Crippen LogP contribution in [0.5, 0.6) is 11.5 Å². The number of carboxylic acids is 1. The smallest absolute Gasteiger partial charge is 0.308 e. The fraction of sp³-hybridized carbons (Fsp3) is 0.292. The third kappa shape index (κ3) is 4.45. The maximum absolute atomic E-state index is 11.7. The van der Waals surface area contributed by atoms with E-state index in [1.807, 2.05) is 54.6 Å². The first-order valence-corrected chi connectivity index (χ1v) is 10.2. The first-order chi connectivity index (χ1) is 14.9. The Balaban J connectivity index is 1.71. The number of methoxy groups -OCH3 is 1. The number of nitrogens with zero attached hydrogens (tertiary/aromatic N) is 1. The quantitative estimate of drug-likeness (QED) is 0.632. The molecule has 160 valence electrons. The Hall–Kier alpha value is -3.61. The SMILES string of the molecule is COc1ccc2c(O[C@H]3C[C@@H](NC(C)=O)[C@H](C(=O)O)C3)cc(-c3ccccc3)nc2c1. The van der Waals surface area contributed by atoms with Crippen molar-refractivity contribution in [2.24, 2.45) is 5.92 Å². The van der Waals surface area contributed by atoms with Crippen molar-refractivity contribution in [1.29, 1.82) is 0 Å². The van der Waals surface area contributed by atoms with Gasteiger partial charge in [0.25, 0.3) is 0 Å². The fourth-order valence-electron chi connectivity index (χ4n) is 4.12. The lowest BCUT2D eigenvalue weighted by Gasteiger charge is -2.17. The van der Waals surface area contributed by atoms with Gasteiger partial charge in [0.1, 0.15) is 17.6 Å². The van der Waals surface area contributed by atoms with E-state index < -0.39 is 17.9 Å². The molecule has 3 aromatic rings. The van der Waals surface area contributed by atoms with E-state index in [0.29, 0.717) is 24.3 Å². The molecule has 2 aromatic carbocycles. The fourth-order valence-corrected chi connectivity index (χ4v) is 4.12. The molecule has 0 bridgehead atoms. The van der Waals surface area contributed by atoms with Crippen molar-refractivity contribution in [3.63, 3.8) is 0 Å². The summed E-state index contributed by atoms with van der Waals surface area (Å²) in [7, 11) is 1.60. The van der Waals surface area contributed by atoms with Crippen molar-refractivity contribution >= 4 is 22.8 Å². The van der Waals surface area contributed by atoms with Crippen LogP contribution in [0.2, 0.25) is 0 Å². The van der Waals surface area contributed by atoms with Gasteiger partial charge < -0.3 is 19.9 Å². The molecule has 0 saturated heterocycles. The molecule has 1 aliphatic rings. The molecule has 1 heterocycles. The molecule has 1 saturated carbocycles. The topological polar surface area (TPSA) is 97.8 Å². The normalized spacial score (nSPS) is 20.4. The Kier molecular flexibility index (Phi) is 5.75. The highest BCUT2D eigenvalue weighted by molar-refractivity contribution is 5.89. The highest BCUT2D eigenvalue weighted by Gasteiger charge is 2.40. The lowest BCUT2D eigenvalue weighted by atomic mass is 10.0. The lowest BCUT2D eigenvalue weighted by molar-refractivity contribution is -0.142. The van der Waals surface area contributed by atoms with Gasteiger partial charge in [0.2, 0.25) is 5.91 Å². The number of hydrogen-bond donors (Lipinski definition) is 2. The predicted molar refractivity (Wildman–Crippen MR) is 116 cm³/mol. The van der Waals surface area contributed by atoms with Crippen molar-refractivity contribution in [2.75, 3.05) is 7.11 Å². The Morgan fingerprint density at radius 2 is 1.87 bits per heavy atom. The van der Waals surface area contributed by atoms with Gasteiger partial charge in [0.05, 0.1) is 24.2 Å². The van der Waals surface area contributed by atoms with Gasteiger partial charge >= 0.3 is 5.97 Å². The number of carbonyl (C=O) groups is 2. The Bertz CT molecular complexity index is 1120. The second-order valence-corrected chi connectivity index (χ2v) is 7.72. The largest absolute Gasteiger partial charge is 0.497 e. The van der Waals surface area contributed by atoms with Gasteiger partial charge in [0.15, 0.2) is 0 Å². The van der Waals surface area contributed by atoms with Crippen LogP contribution in [-0.2, 0) is 9.59 Å². The van der Waals surface area contributed by atoms with Gasteiger partial charge in [-0.1, -0.05) is 30.3 Å². The number of fused-ring (bicyclic) bond motifs is 1. The Labute approximate surface area is 180 Å². The average Bonchev–Trinajstić information content (AvgIpc) is 3.15. The molecule has 2 N–H and O–H groups in total. The molecule has 0 unspecified atom stereocenters. The number of pyridine rings is 1. The predicted octanol–water partition coefficient (Wildman–Crippen LogP) is 3.66. The summed E-state index contributed by atoms with van der Waals surface area (Å²) in [6.07, 6.45) is 0.409. The number of nitrogens with one attached hydrogen (secondary N) is 1. The van der Waals surface area contributed by atoms with E-state index in [9.17, 15) is 14.7 Å². The summed E-state index contributed by atoms with van der Waals surface area (Å²) in [5, 5.41) is 13.1. The van der Waals surface area contributed by atoms with E-state index in [-0.39, 0.29) is 12.0 Å². The molecule has 4 rings (SSSR count). The van der Waals surface area contributed by atoms with Crippen LogP contribution in [0, 0.1) is 5.92 Å². The van der Waals surface area contributed by atoms with Gasteiger partial charge in [-0.3, -0.25) is 9.59 Å². The van der Waals surface area contributed by atoms with Gasteiger partial charge in [-0.2, -0.15) is 0 Å². The zero-order valence-electron chi connectivity index (χ0n) is 17.4. The minimum Gasteiger partial charge on any atom is -0.497 e. The van der Waals surface area contributed by atoms with Crippen molar-refractivity contribution in [3.8, 4) is 22.8 Å². The van der Waals surface area contributed by atoms with Crippen molar-refractivity contribution in [2.45, 2.75) is 31.9 Å². The van der Waals surface area contributed by atoms with Gasteiger partial charge in [-0.05, 0) is 18.6 Å². The summed E-state index contributed by atoms with van der Waals surface area (Å²) >= 11 is 0. The zero-order valence-corrected chi connectivity index (χ0v) is 17.4. The highest BCUT2D eigenvalue weighted by atomic mass is 16.5. The van der Waals surface area contributed by atoms with Crippen LogP contribution in [-0.4, -0.2) is 41.2 Å². The van der Waals surface area contributed by atoms with Crippen LogP contribution in [0.25, 0.3) is 22.2 Å². The van der Waals surface area contributed by atoms with Crippen molar-refractivity contribution in [3.05, 3.63) is 54.6 Å². The molecule has 7 nitrogen and oxygen atoms in total. The Morgan fingerprint density at radius 3 is 2.55 bits per heavy atom. The first-order valence-electron chi connectivity index (χ1n) is 10.2. The number of amides is 1. The Morgan fingerprint density at radius 1 is 1.10 bits per heavy atom. The maximum Gasteiger partial charge on any atom is 0.308 e. The number of carbonyl (C=O) groups excluding carboxylic acids is 1. The third-order valence-electron chi connectivity index (χ3n) is 5.57. The van der Waals surface area contributed by atoms with E-state index in [0.717, 1.165) is 22.2 Å². The van der Waals surface area contributed by atoms with E-state index in [1.165, 1.54) is 6.92 Å². The molecule has 1 aromatic heterocycles. The summed E-state index contributed by atoms with van der Waals surface area (Å²) in [6.45, 7) is 1.39. The van der Waals surface area contributed by atoms with Crippen LogP contribution in [0.1, 0.15) is 19.8 Å². The molecule has 7 heteroatoms. The number of aromatic nitrogens is 1. The van der Waals surface area contributed by atoms with Crippen LogP contribution in [0.3, 0.4) is 0 Å². The molecule has 0 spiro atoms. The molecular formula is C24H24N2O5. The number of benzene rings is 2. The summed E-state index contributed by atoms with van der Waals surface area (Å²) in [5.74, 6) is -0.544. The molecule has 3 atom stereocenters. The zero-order chi connectivity index (χ0) is 22.0. The number of ether oxygens (including phenoxy) is 2. The van der Waals surface area contributed by atoms with Crippen LogP contribution in [0.15, 0.2) is 54.6 Å². The number of aliphatic carboxylic acids is 1. The van der Waals surface area contributed by atoms with Crippen LogP contribution < -0.4 is 14.8 Å². The minimum absolute atomic E-state index is 0.246. The molecular weight excluding hydrogens is 396 g/mol. The van der Waals surface area contributed by atoms with E-state index in [4.69, 9.17) is 14.5 Å². The van der Waals surface area contributed by atoms with Crippen molar-refractivity contribution < 1.29 is 24.2 Å². The summed E-state index contributed by atoms with van der Waals surface area (Å²) < 4.78 is 11.7. The van der Waals surface area contributed by atoms with E-state index in [1.54, 1.807) is 7.11 Å². The second kappa shape index (κ2) is 8.63. The van der Waals surface area contributed by atoms with Gasteiger partial charge in [0, 0.05) is 42.5 Å². The van der Waals surface area contributed by atoms with E-state index >= 15 is 0 Å². The maximum atomic E-state index is 11.7. The molecule has 0 radical (unpaired) electrons. The van der Waals surface area contributed by atoms with Crippen molar-refractivity contribution in [1.82, 2.24) is 10.3 Å². The first kappa shape index (κ1) is 20.7. The standard InChI is InChI=1S/C24H24N2O5/c1-14(27)25-22-12-17(10-19(22)24(28)29)31-23-13-20(15-6-4-3-5-7-15)26-21-11-16(30-2)8-9-18(21)23/h3-9,11,13,17,19,22H,10,12H2,1-2H3,(H,25,27)(H,28,29)/t17-,19-,22-/m1/s1. The van der Waals surface area contributed by atoms with Gasteiger partial charge in [-0.15, -0.1) is 0 Å². The lowest BCUT2D eigenvalue weighted by Crippen LogP contribution is -2.39. The average molecular weight is 420 g/mol. The molecule has 1 amide bonds. The van der Waals surface area contributed by atoms with Crippen LogP contribution >= 0.6 is 0 Å². The molecule has 1 aliphatic carbocycles. The minimum atomic E-state index is -0.931. The molecule has 0 aliphatic heterocycles. The summed E-state index contributed by atoms with van der Waals surface area (Å²) in [5.41, 5.74) is 2.42. The molecule has 1 fully saturated rings. The third-order valence-corrected chi connectivity index (χ3v) is 5.57. The number of rotatable bonds is 6. The number of hydrogen-bond acceptors (Lipinski definition) is 5. The van der Waals surface area contributed by atoms with Crippen LogP contribution in [0.4, 0.5) is 0 Å². The monoisotopic (exact) mass is 420 g/mol. The summed E-state index contributed by atoms with van der Waals surface area (Å²) in [4.78, 5) is 28.0. The highest BCUT2D eigenvalue weighted by Crippen LogP contribution is 2.36. The van der Waals surface area contributed by atoms with E-state index in [2.05, 4.69) is 5.32 Å². The van der Waals surface area contributed by atoms with Gasteiger partial charge in [-0.25, -0.2) is 4.98 Å². The summed E-state index contributed by atoms with van der Waals surface area (Å²) in [6, 6.07) is 16.8.